The third kappa shape index (κ3) is 5.69. The highest BCUT2D eigenvalue weighted by molar-refractivity contribution is 7.92. The third-order valence-corrected chi connectivity index (χ3v) is 5.93. The molecule has 1 aliphatic rings. The molecule has 2 aromatic rings. The molecular weight excluding hydrogens is 386 g/mol. The lowest BCUT2D eigenvalue weighted by Crippen LogP contribution is -2.40. The van der Waals surface area contributed by atoms with Crippen LogP contribution in [0, 0.1) is 0 Å². The first-order valence-corrected chi connectivity index (χ1v) is 10.2. The number of hydrogen-bond donors (Lipinski definition) is 3. The summed E-state index contributed by atoms with van der Waals surface area (Å²) in [6, 6.07) is 15.0. The molecule has 0 bridgehead atoms. The van der Waals surface area contributed by atoms with Gasteiger partial charge in [-0.1, -0.05) is 24.3 Å². The zero-order chi connectivity index (χ0) is 18.6. The Labute approximate surface area is 166 Å². The summed E-state index contributed by atoms with van der Waals surface area (Å²) in [6.07, 6.45) is 3.55. The Kier molecular flexibility index (Phi) is 7.24. The van der Waals surface area contributed by atoms with E-state index in [0.717, 1.165) is 25.7 Å². The monoisotopic (exact) mass is 409 g/mol. The summed E-state index contributed by atoms with van der Waals surface area (Å²) in [4.78, 5) is 12.6. The van der Waals surface area contributed by atoms with Crippen molar-refractivity contribution < 1.29 is 13.2 Å². The standard InChI is InChI=1S/C19H23N3O3S.ClH/c20-15-9-11-16(12-10-15)21-19(23)14-5-4-6-17(13-14)22-26(24,25)18-7-2-1-3-8-18;/h1-8,13,15-16,22H,9-12,20H2,(H,21,23);1H. The van der Waals surface area contributed by atoms with E-state index in [-0.39, 0.29) is 35.3 Å². The third-order valence-electron chi connectivity index (χ3n) is 4.54. The molecule has 0 atom stereocenters. The summed E-state index contributed by atoms with van der Waals surface area (Å²) in [6.45, 7) is 0. The van der Waals surface area contributed by atoms with Gasteiger partial charge in [-0.2, -0.15) is 0 Å². The SMILES string of the molecule is Cl.NC1CCC(NC(=O)c2cccc(NS(=O)(=O)c3ccccc3)c2)CC1. The molecule has 0 spiro atoms. The maximum absolute atomic E-state index is 12.5. The van der Waals surface area contributed by atoms with Gasteiger partial charge in [-0.3, -0.25) is 9.52 Å². The van der Waals surface area contributed by atoms with Crippen LogP contribution in [-0.4, -0.2) is 26.4 Å². The van der Waals surface area contributed by atoms with Crippen LogP contribution < -0.4 is 15.8 Å². The average Bonchev–Trinajstić information content (AvgIpc) is 2.64. The molecule has 0 unspecified atom stereocenters. The second kappa shape index (κ2) is 9.21. The van der Waals surface area contributed by atoms with Crippen LogP contribution in [0.5, 0.6) is 0 Å². The van der Waals surface area contributed by atoms with E-state index >= 15 is 0 Å². The van der Waals surface area contributed by atoms with E-state index in [2.05, 4.69) is 10.0 Å². The van der Waals surface area contributed by atoms with Gasteiger partial charge in [0.05, 0.1) is 4.90 Å². The Morgan fingerprint density at radius 2 is 1.63 bits per heavy atom. The minimum atomic E-state index is -3.68. The molecule has 0 radical (unpaired) electrons. The lowest BCUT2D eigenvalue weighted by molar-refractivity contribution is 0.0926. The Bertz CT molecular complexity index is 867. The molecule has 2 aromatic carbocycles. The van der Waals surface area contributed by atoms with E-state index in [1.807, 2.05) is 0 Å². The topological polar surface area (TPSA) is 101 Å². The van der Waals surface area contributed by atoms with Crippen molar-refractivity contribution in [1.29, 1.82) is 0 Å². The molecule has 1 amide bonds. The lowest BCUT2D eigenvalue weighted by Gasteiger charge is -2.26. The summed E-state index contributed by atoms with van der Waals surface area (Å²) in [5.74, 6) is -0.203. The van der Waals surface area contributed by atoms with E-state index in [1.54, 1.807) is 42.5 Å². The molecule has 27 heavy (non-hydrogen) atoms. The fraction of sp³-hybridized carbons (Fsp3) is 0.316. The van der Waals surface area contributed by atoms with Gasteiger partial charge in [0, 0.05) is 23.3 Å². The number of nitrogens with two attached hydrogens (primary N) is 1. The van der Waals surface area contributed by atoms with Crippen molar-refractivity contribution >= 4 is 34.0 Å². The summed E-state index contributed by atoms with van der Waals surface area (Å²) in [7, 11) is -3.68. The summed E-state index contributed by atoms with van der Waals surface area (Å²) in [5.41, 5.74) is 6.67. The van der Waals surface area contributed by atoms with Gasteiger partial charge in [-0.25, -0.2) is 8.42 Å². The molecule has 1 saturated carbocycles. The van der Waals surface area contributed by atoms with Gasteiger partial charge in [-0.15, -0.1) is 12.4 Å². The van der Waals surface area contributed by atoms with Crippen molar-refractivity contribution in [2.75, 3.05) is 4.72 Å². The molecular formula is C19H24ClN3O3S. The molecule has 0 saturated heterocycles. The van der Waals surface area contributed by atoms with Crippen molar-refractivity contribution in [3.8, 4) is 0 Å². The molecule has 1 aliphatic carbocycles. The fourth-order valence-electron chi connectivity index (χ4n) is 3.07. The van der Waals surface area contributed by atoms with Gasteiger partial charge >= 0.3 is 0 Å². The van der Waals surface area contributed by atoms with Crippen molar-refractivity contribution in [2.45, 2.75) is 42.7 Å². The highest BCUT2D eigenvalue weighted by Gasteiger charge is 2.21. The van der Waals surface area contributed by atoms with Crippen LogP contribution in [0.2, 0.25) is 0 Å². The first-order valence-electron chi connectivity index (χ1n) is 8.68. The van der Waals surface area contributed by atoms with Gasteiger partial charge in [0.1, 0.15) is 0 Å². The van der Waals surface area contributed by atoms with E-state index in [1.165, 1.54) is 12.1 Å². The highest BCUT2D eigenvalue weighted by atomic mass is 35.5. The largest absolute Gasteiger partial charge is 0.349 e. The minimum absolute atomic E-state index is 0. The number of benzene rings is 2. The highest BCUT2D eigenvalue weighted by Crippen LogP contribution is 2.19. The quantitative estimate of drug-likeness (QED) is 0.706. The number of amides is 1. The van der Waals surface area contributed by atoms with Crippen LogP contribution in [0.25, 0.3) is 0 Å². The predicted octanol–water partition coefficient (Wildman–Crippen LogP) is 2.91. The molecule has 0 aromatic heterocycles. The second-order valence-corrected chi connectivity index (χ2v) is 8.27. The molecule has 0 aliphatic heterocycles. The number of carbonyl (C=O) groups is 1. The Morgan fingerprint density at radius 3 is 2.30 bits per heavy atom. The smallest absolute Gasteiger partial charge is 0.261 e. The van der Waals surface area contributed by atoms with Crippen LogP contribution in [0.1, 0.15) is 36.0 Å². The summed E-state index contributed by atoms with van der Waals surface area (Å²) < 4.78 is 27.3. The number of anilines is 1. The first kappa shape index (κ1) is 21.2. The molecule has 3 rings (SSSR count). The van der Waals surface area contributed by atoms with Crippen LogP contribution >= 0.6 is 12.4 Å². The van der Waals surface area contributed by atoms with E-state index < -0.39 is 10.0 Å². The van der Waals surface area contributed by atoms with Crippen LogP contribution in [0.3, 0.4) is 0 Å². The maximum Gasteiger partial charge on any atom is 0.261 e. The number of carbonyl (C=O) groups excluding carboxylic acids is 1. The molecule has 4 N–H and O–H groups in total. The fourth-order valence-corrected chi connectivity index (χ4v) is 4.14. The second-order valence-electron chi connectivity index (χ2n) is 6.58. The summed E-state index contributed by atoms with van der Waals surface area (Å²) >= 11 is 0. The van der Waals surface area contributed by atoms with Crippen LogP contribution in [0.4, 0.5) is 5.69 Å². The van der Waals surface area contributed by atoms with Gasteiger partial charge in [0.15, 0.2) is 0 Å². The van der Waals surface area contributed by atoms with Gasteiger partial charge in [0.2, 0.25) is 0 Å². The normalized spacial score (nSPS) is 19.6. The minimum Gasteiger partial charge on any atom is -0.349 e. The Morgan fingerprint density at radius 1 is 0.963 bits per heavy atom. The average molecular weight is 410 g/mol. The number of hydrogen-bond acceptors (Lipinski definition) is 4. The van der Waals surface area contributed by atoms with Crippen LogP contribution in [-0.2, 0) is 10.0 Å². The van der Waals surface area contributed by atoms with Gasteiger partial charge in [0.25, 0.3) is 15.9 Å². The number of halogens is 1. The molecule has 1 fully saturated rings. The zero-order valence-electron chi connectivity index (χ0n) is 14.8. The lowest BCUT2D eigenvalue weighted by atomic mass is 9.91. The number of rotatable bonds is 5. The number of sulfonamides is 1. The summed E-state index contributed by atoms with van der Waals surface area (Å²) in [5, 5.41) is 3.01. The Hall–Kier alpha value is -2.09. The number of nitrogens with one attached hydrogen (secondary N) is 2. The van der Waals surface area contributed by atoms with Crippen molar-refractivity contribution in [3.63, 3.8) is 0 Å². The van der Waals surface area contributed by atoms with Crippen molar-refractivity contribution in [2.24, 2.45) is 5.73 Å². The predicted molar refractivity (Wildman–Crippen MR) is 109 cm³/mol. The van der Waals surface area contributed by atoms with Gasteiger partial charge < -0.3 is 11.1 Å². The zero-order valence-corrected chi connectivity index (χ0v) is 16.4. The molecule has 6 nitrogen and oxygen atoms in total. The van der Waals surface area contributed by atoms with Crippen molar-refractivity contribution in [1.82, 2.24) is 5.32 Å². The maximum atomic E-state index is 12.5. The molecule has 0 heterocycles. The molecule has 146 valence electrons. The molecule has 8 heteroatoms. The van der Waals surface area contributed by atoms with E-state index in [0.29, 0.717) is 11.3 Å². The van der Waals surface area contributed by atoms with E-state index in [9.17, 15) is 13.2 Å². The van der Waals surface area contributed by atoms with E-state index in [4.69, 9.17) is 5.73 Å². The van der Waals surface area contributed by atoms with Gasteiger partial charge in [-0.05, 0) is 56.0 Å². The first-order chi connectivity index (χ1) is 12.4. The van der Waals surface area contributed by atoms with Crippen molar-refractivity contribution in [3.05, 3.63) is 60.2 Å². The van der Waals surface area contributed by atoms with Crippen LogP contribution in [0.15, 0.2) is 59.5 Å². The Balaban J connectivity index is 0.00000261.